The summed E-state index contributed by atoms with van der Waals surface area (Å²) in [6, 6.07) is 3.99. The highest BCUT2D eigenvalue weighted by Gasteiger charge is 2.27. The van der Waals surface area contributed by atoms with Gasteiger partial charge in [0, 0.05) is 4.88 Å². The van der Waals surface area contributed by atoms with Gasteiger partial charge in [0.2, 0.25) is 0 Å². The quantitative estimate of drug-likeness (QED) is 0.659. The summed E-state index contributed by atoms with van der Waals surface area (Å²) in [6.07, 6.45) is 7.06. The van der Waals surface area contributed by atoms with Gasteiger partial charge >= 0.3 is 0 Å². The fourth-order valence-electron chi connectivity index (χ4n) is 1.58. The van der Waals surface area contributed by atoms with E-state index in [1.165, 1.54) is 0 Å². The van der Waals surface area contributed by atoms with Crippen molar-refractivity contribution in [1.29, 1.82) is 0 Å². The second-order valence-electron chi connectivity index (χ2n) is 3.20. The molecule has 1 aliphatic rings. The minimum atomic E-state index is -0.660. The monoisotopic (exact) mass is 180 g/mol. The van der Waals surface area contributed by atoms with Crippen molar-refractivity contribution in [3.8, 4) is 0 Å². The first-order chi connectivity index (χ1) is 5.81. The van der Waals surface area contributed by atoms with E-state index >= 15 is 0 Å². The van der Waals surface area contributed by atoms with E-state index in [-0.39, 0.29) is 0 Å². The third kappa shape index (κ3) is 1.32. The molecule has 1 aromatic heterocycles. The Morgan fingerprint density at radius 1 is 1.50 bits per heavy atom. The van der Waals surface area contributed by atoms with E-state index in [1.54, 1.807) is 11.3 Å². The van der Waals surface area contributed by atoms with Crippen LogP contribution in [0, 0.1) is 0 Å². The summed E-state index contributed by atoms with van der Waals surface area (Å²) in [6.45, 7) is 0. The fraction of sp³-hybridized carbons (Fsp3) is 0.400. The molecule has 1 aromatic rings. The maximum atomic E-state index is 10.2. The van der Waals surface area contributed by atoms with Crippen LogP contribution in [0.2, 0.25) is 0 Å². The maximum absolute atomic E-state index is 10.2. The van der Waals surface area contributed by atoms with Crippen LogP contribution in [-0.4, -0.2) is 5.11 Å². The number of allylic oxidation sites excluding steroid dienone is 1. The molecular weight excluding hydrogens is 168 g/mol. The summed E-state index contributed by atoms with van der Waals surface area (Å²) < 4.78 is 0. The van der Waals surface area contributed by atoms with Crippen LogP contribution in [0.4, 0.5) is 0 Å². The summed E-state index contributed by atoms with van der Waals surface area (Å²) >= 11 is 1.63. The van der Waals surface area contributed by atoms with Gasteiger partial charge in [-0.2, -0.15) is 0 Å². The molecule has 64 valence electrons. The van der Waals surface area contributed by atoms with Gasteiger partial charge in [0.1, 0.15) is 5.60 Å². The molecule has 1 atom stereocenters. The standard InChI is InChI=1S/C10H12OS/c11-10(6-2-1-3-7-10)9-5-4-8-12-9/h2,4-6,8,11H,1,3,7H2/t10-/m1/s1. The van der Waals surface area contributed by atoms with Crippen LogP contribution in [0.25, 0.3) is 0 Å². The lowest BCUT2D eigenvalue weighted by Gasteiger charge is -2.25. The van der Waals surface area contributed by atoms with Crippen molar-refractivity contribution in [3.63, 3.8) is 0 Å². The lowest BCUT2D eigenvalue weighted by atomic mass is 9.90. The van der Waals surface area contributed by atoms with Crippen LogP contribution >= 0.6 is 11.3 Å². The van der Waals surface area contributed by atoms with Gasteiger partial charge in [-0.05, 0) is 30.7 Å². The highest BCUT2D eigenvalue weighted by atomic mass is 32.1. The third-order valence-electron chi connectivity index (χ3n) is 2.27. The van der Waals surface area contributed by atoms with Gasteiger partial charge < -0.3 is 5.11 Å². The summed E-state index contributed by atoms with van der Waals surface area (Å²) in [5.41, 5.74) is -0.660. The molecule has 0 fully saturated rings. The highest BCUT2D eigenvalue weighted by molar-refractivity contribution is 7.10. The van der Waals surface area contributed by atoms with Crippen LogP contribution in [-0.2, 0) is 5.60 Å². The van der Waals surface area contributed by atoms with Crippen LogP contribution in [0.1, 0.15) is 24.1 Å². The summed E-state index contributed by atoms with van der Waals surface area (Å²) in [7, 11) is 0. The van der Waals surface area contributed by atoms with E-state index in [4.69, 9.17) is 0 Å². The van der Waals surface area contributed by atoms with Crippen LogP contribution in [0.5, 0.6) is 0 Å². The van der Waals surface area contributed by atoms with Crippen LogP contribution in [0.15, 0.2) is 29.7 Å². The fourth-order valence-corrected chi connectivity index (χ4v) is 2.42. The topological polar surface area (TPSA) is 20.2 Å². The van der Waals surface area contributed by atoms with Gasteiger partial charge in [0.25, 0.3) is 0 Å². The predicted octanol–water partition coefficient (Wildman–Crippen LogP) is 2.68. The third-order valence-corrected chi connectivity index (χ3v) is 3.31. The van der Waals surface area contributed by atoms with Crippen molar-refractivity contribution < 1.29 is 5.11 Å². The molecule has 0 radical (unpaired) electrons. The lowest BCUT2D eigenvalue weighted by Crippen LogP contribution is -2.23. The van der Waals surface area contributed by atoms with Crippen molar-refractivity contribution in [1.82, 2.24) is 0 Å². The van der Waals surface area contributed by atoms with Crippen molar-refractivity contribution >= 4 is 11.3 Å². The zero-order chi connectivity index (χ0) is 8.44. The van der Waals surface area contributed by atoms with Gasteiger partial charge in [-0.3, -0.25) is 0 Å². The molecule has 12 heavy (non-hydrogen) atoms. The minimum Gasteiger partial charge on any atom is -0.380 e. The Kier molecular flexibility index (Phi) is 2.03. The molecule has 0 unspecified atom stereocenters. The van der Waals surface area contributed by atoms with E-state index in [1.807, 2.05) is 23.6 Å². The molecule has 0 amide bonds. The minimum absolute atomic E-state index is 0.660. The Morgan fingerprint density at radius 2 is 2.42 bits per heavy atom. The first-order valence-corrected chi connectivity index (χ1v) is 5.13. The number of aliphatic hydroxyl groups is 1. The van der Waals surface area contributed by atoms with E-state index in [0.29, 0.717) is 0 Å². The first-order valence-electron chi connectivity index (χ1n) is 4.25. The van der Waals surface area contributed by atoms with Crippen molar-refractivity contribution in [2.75, 3.05) is 0 Å². The predicted molar refractivity (Wildman–Crippen MR) is 51.2 cm³/mol. The van der Waals surface area contributed by atoms with Crippen LogP contribution < -0.4 is 0 Å². The molecule has 2 rings (SSSR count). The van der Waals surface area contributed by atoms with Crippen molar-refractivity contribution in [2.45, 2.75) is 24.9 Å². The SMILES string of the molecule is O[C@]1(c2cccs2)C=CCCC1. The number of hydrogen-bond donors (Lipinski definition) is 1. The zero-order valence-electron chi connectivity index (χ0n) is 6.86. The van der Waals surface area contributed by atoms with Gasteiger partial charge in [-0.1, -0.05) is 18.2 Å². The van der Waals surface area contributed by atoms with E-state index in [2.05, 4.69) is 6.08 Å². The Bertz CT molecular complexity index is 276. The Balaban J connectivity index is 2.31. The average Bonchev–Trinajstić information content (AvgIpc) is 2.58. The number of thiophene rings is 1. The lowest BCUT2D eigenvalue weighted by molar-refractivity contribution is 0.0764. The highest BCUT2D eigenvalue weighted by Crippen LogP contribution is 2.34. The van der Waals surface area contributed by atoms with Crippen molar-refractivity contribution in [3.05, 3.63) is 34.5 Å². The molecule has 0 saturated heterocycles. The van der Waals surface area contributed by atoms with Gasteiger partial charge in [0.05, 0.1) is 0 Å². The van der Waals surface area contributed by atoms with Crippen LogP contribution in [0.3, 0.4) is 0 Å². The zero-order valence-corrected chi connectivity index (χ0v) is 7.68. The largest absolute Gasteiger partial charge is 0.380 e. The molecule has 0 bridgehead atoms. The number of hydrogen-bond acceptors (Lipinski definition) is 2. The second-order valence-corrected chi connectivity index (χ2v) is 4.14. The van der Waals surface area contributed by atoms with E-state index in [0.717, 1.165) is 24.1 Å². The van der Waals surface area contributed by atoms with Gasteiger partial charge in [0.15, 0.2) is 0 Å². The average molecular weight is 180 g/mol. The molecule has 2 heteroatoms. The summed E-state index contributed by atoms with van der Waals surface area (Å²) in [4.78, 5) is 1.07. The van der Waals surface area contributed by atoms with Gasteiger partial charge in [-0.25, -0.2) is 0 Å². The van der Waals surface area contributed by atoms with Gasteiger partial charge in [-0.15, -0.1) is 11.3 Å². The molecule has 1 aliphatic carbocycles. The summed E-state index contributed by atoms with van der Waals surface area (Å²) in [5.74, 6) is 0. The smallest absolute Gasteiger partial charge is 0.117 e. The normalized spacial score (nSPS) is 29.1. The molecule has 0 aromatic carbocycles. The van der Waals surface area contributed by atoms with Crippen molar-refractivity contribution in [2.24, 2.45) is 0 Å². The Labute approximate surface area is 76.4 Å². The van der Waals surface area contributed by atoms with E-state index < -0.39 is 5.60 Å². The molecule has 1 nitrogen and oxygen atoms in total. The Morgan fingerprint density at radius 3 is 3.00 bits per heavy atom. The second kappa shape index (κ2) is 3.04. The number of rotatable bonds is 1. The molecule has 0 saturated carbocycles. The maximum Gasteiger partial charge on any atom is 0.117 e. The van der Waals surface area contributed by atoms with E-state index in [9.17, 15) is 5.11 Å². The molecule has 0 spiro atoms. The first kappa shape index (κ1) is 8.02. The molecule has 0 aliphatic heterocycles. The molecular formula is C10H12OS. The molecule has 1 heterocycles. The Hall–Kier alpha value is -0.600. The molecule has 1 N–H and O–H groups in total. The summed E-state index contributed by atoms with van der Waals surface area (Å²) in [5, 5.41) is 12.2.